The van der Waals surface area contributed by atoms with Crippen molar-refractivity contribution in [3.8, 4) is 17.1 Å². The lowest BCUT2D eigenvalue weighted by molar-refractivity contribution is 0.415. The van der Waals surface area contributed by atoms with Crippen LogP contribution in [0.4, 0.5) is 0 Å². The van der Waals surface area contributed by atoms with Crippen LogP contribution in [0.2, 0.25) is 0 Å². The van der Waals surface area contributed by atoms with E-state index < -0.39 is 0 Å². The average molecular weight is 245 g/mol. The normalized spacial score (nSPS) is 10.6. The van der Waals surface area contributed by atoms with Gasteiger partial charge >= 0.3 is 0 Å². The Morgan fingerprint density at radius 1 is 1.28 bits per heavy atom. The molecule has 0 saturated heterocycles. The van der Waals surface area contributed by atoms with E-state index in [0.29, 0.717) is 6.54 Å². The van der Waals surface area contributed by atoms with Gasteiger partial charge in [0.25, 0.3) is 0 Å². The van der Waals surface area contributed by atoms with Crippen LogP contribution in [0.5, 0.6) is 5.75 Å². The topological polar surface area (TPSA) is 53.1 Å². The van der Waals surface area contributed by atoms with Crippen LogP contribution >= 0.6 is 0 Å². The van der Waals surface area contributed by atoms with E-state index in [1.807, 2.05) is 30.5 Å². The highest BCUT2D eigenvalue weighted by Crippen LogP contribution is 2.22. The summed E-state index contributed by atoms with van der Waals surface area (Å²) in [5.74, 6) is 1.85. The number of methoxy groups -OCH3 is 1. The highest BCUT2D eigenvalue weighted by Gasteiger charge is 2.09. The van der Waals surface area contributed by atoms with Gasteiger partial charge in [0, 0.05) is 30.4 Å². The molecule has 1 heterocycles. The molecule has 0 radical (unpaired) electrons. The Morgan fingerprint density at radius 3 is 2.56 bits per heavy atom. The van der Waals surface area contributed by atoms with Gasteiger partial charge < -0.3 is 15.0 Å². The van der Waals surface area contributed by atoms with Crippen LogP contribution < -0.4 is 10.5 Å². The summed E-state index contributed by atoms with van der Waals surface area (Å²) in [6.07, 6.45) is 2.77. The van der Waals surface area contributed by atoms with Crippen molar-refractivity contribution in [2.24, 2.45) is 5.73 Å². The summed E-state index contributed by atoms with van der Waals surface area (Å²) in [4.78, 5) is 4.50. The molecule has 0 spiro atoms. The number of imidazole rings is 1. The molecule has 4 heteroatoms. The maximum absolute atomic E-state index is 5.61. The third kappa shape index (κ3) is 2.38. The summed E-state index contributed by atoms with van der Waals surface area (Å²) in [6, 6.07) is 7.96. The van der Waals surface area contributed by atoms with Crippen LogP contribution in [-0.2, 0) is 13.0 Å². The summed E-state index contributed by atoms with van der Waals surface area (Å²) in [5, 5.41) is 0. The van der Waals surface area contributed by atoms with Crippen LogP contribution in [0, 0.1) is 0 Å². The molecule has 0 saturated carbocycles. The van der Waals surface area contributed by atoms with Crippen molar-refractivity contribution in [2.45, 2.75) is 19.9 Å². The minimum absolute atomic E-state index is 0.647. The lowest BCUT2D eigenvalue weighted by Gasteiger charge is -2.09. The van der Waals surface area contributed by atoms with Crippen molar-refractivity contribution >= 4 is 0 Å². The number of hydrogen-bond donors (Lipinski definition) is 1. The van der Waals surface area contributed by atoms with Crippen molar-refractivity contribution < 1.29 is 4.74 Å². The number of aromatic nitrogens is 2. The Balaban J connectivity index is 2.36. The van der Waals surface area contributed by atoms with Crippen LogP contribution in [0.25, 0.3) is 11.4 Å². The second kappa shape index (κ2) is 5.69. The molecule has 0 bridgehead atoms. The van der Waals surface area contributed by atoms with Crippen LogP contribution in [0.3, 0.4) is 0 Å². The summed E-state index contributed by atoms with van der Waals surface area (Å²) in [5.41, 5.74) is 7.90. The maximum Gasteiger partial charge on any atom is 0.140 e. The highest BCUT2D eigenvalue weighted by molar-refractivity contribution is 5.57. The zero-order valence-corrected chi connectivity index (χ0v) is 10.9. The minimum atomic E-state index is 0.647. The van der Waals surface area contributed by atoms with Crippen molar-refractivity contribution in [3.63, 3.8) is 0 Å². The van der Waals surface area contributed by atoms with Crippen molar-refractivity contribution in [1.82, 2.24) is 9.55 Å². The SMILES string of the molecule is CCn1c(CCN)cnc1-c1ccc(OC)cc1. The fourth-order valence-corrected chi connectivity index (χ4v) is 2.08. The fraction of sp³-hybridized carbons (Fsp3) is 0.357. The molecule has 0 aliphatic carbocycles. The molecule has 0 unspecified atom stereocenters. The Kier molecular flexibility index (Phi) is 3.99. The summed E-state index contributed by atoms with van der Waals surface area (Å²) in [6.45, 7) is 3.67. The number of nitrogens with two attached hydrogens (primary N) is 1. The second-order valence-corrected chi connectivity index (χ2v) is 4.08. The zero-order chi connectivity index (χ0) is 13.0. The molecule has 2 rings (SSSR count). The number of benzene rings is 1. The van der Waals surface area contributed by atoms with Gasteiger partial charge in [0.2, 0.25) is 0 Å². The molecule has 2 aromatic rings. The van der Waals surface area contributed by atoms with Crippen LogP contribution in [-0.4, -0.2) is 23.2 Å². The number of nitrogens with zero attached hydrogens (tertiary/aromatic N) is 2. The second-order valence-electron chi connectivity index (χ2n) is 4.08. The Bertz CT molecular complexity index is 502. The molecule has 4 nitrogen and oxygen atoms in total. The Hall–Kier alpha value is -1.81. The van der Waals surface area contributed by atoms with Crippen molar-refractivity contribution in [3.05, 3.63) is 36.2 Å². The molecule has 2 N–H and O–H groups in total. The maximum atomic E-state index is 5.61. The average Bonchev–Trinajstić information content (AvgIpc) is 2.82. The van der Waals surface area contributed by atoms with Gasteiger partial charge in [-0.15, -0.1) is 0 Å². The monoisotopic (exact) mass is 245 g/mol. The predicted octanol–water partition coefficient (Wildman–Crippen LogP) is 2.08. The van der Waals surface area contributed by atoms with E-state index in [1.165, 1.54) is 5.69 Å². The first-order valence-corrected chi connectivity index (χ1v) is 6.19. The van der Waals surface area contributed by atoms with E-state index in [9.17, 15) is 0 Å². The summed E-state index contributed by atoms with van der Waals surface area (Å²) < 4.78 is 7.36. The van der Waals surface area contributed by atoms with Crippen molar-refractivity contribution in [1.29, 1.82) is 0 Å². The first-order chi connectivity index (χ1) is 8.80. The van der Waals surface area contributed by atoms with E-state index in [4.69, 9.17) is 10.5 Å². The lowest BCUT2D eigenvalue weighted by Crippen LogP contribution is -2.09. The first-order valence-electron chi connectivity index (χ1n) is 6.19. The molecule has 1 aromatic carbocycles. The van der Waals surface area contributed by atoms with Gasteiger partial charge in [0.05, 0.1) is 7.11 Å². The zero-order valence-electron chi connectivity index (χ0n) is 10.9. The third-order valence-electron chi connectivity index (χ3n) is 3.00. The number of hydrogen-bond acceptors (Lipinski definition) is 3. The number of rotatable bonds is 5. The van der Waals surface area contributed by atoms with E-state index >= 15 is 0 Å². The smallest absolute Gasteiger partial charge is 0.140 e. The molecular weight excluding hydrogens is 226 g/mol. The highest BCUT2D eigenvalue weighted by atomic mass is 16.5. The van der Waals surface area contributed by atoms with E-state index in [1.54, 1.807) is 7.11 Å². The Labute approximate surface area is 107 Å². The molecule has 0 atom stereocenters. The quantitative estimate of drug-likeness (QED) is 0.877. The standard InChI is InChI=1S/C14H19N3O/c1-3-17-12(8-9-15)10-16-14(17)11-4-6-13(18-2)7-5-11/h4-7,10H,3,8-9,15H2,1-2H3. The molecule has 0 fully saturated rings. The van der Waals surface area contributed by atoms with Crippen molar-refractivity contribution in [2.75, 3.05) is 13.7 Å². The number of ether oxygens (including phenoxy) is 1. The lowest BCUT2D eigenvalue weighted by atomic mass is 10.2. The van der Waals surface area contributed by atoms with Crippen LogP contribution in [0.15, 0.2) is 30.5 Å². The van der Waals surface area contributed by atoms with E-state index in [2.05, 4.69) is 16.5 Å². The van der Waals surface area contributed by atoms with Gasteiger partial charge in [-0.3, -0.25) is 0 Å². The molecule has 1 aromatic heterocycles. The van der Waals surface area contributed by atoms with E-state index in [-0.39, 0.29) is 0 Å². The third-order valence-corrected chi connectivity index (χ3v) is 3.00. The van der Waals surface area contributed by atoms with E-state index in [0.717, 1.165) is 30.1 Å². The predicted molar refractivity (Wildman–Crippen MR) is 72.6 cm³/mol. The molecule has 96 valence electrons. The minimum Gasteiger partial charge on any atom is -0.497 e. The summed E-state index contributed by atoms with van der Waals surface area (Å²) >= 11 is 0. The molecule has 0 amide bonds. The molecule has 0 aliphatic heterocycles. The Morgan fingerprint density at radius 2 is 2.00 bits per heavy atom. The summed E-state index contributed by atoms with van der Waals surface area (Å²) in [7, 11) is 1.67. The van der Waals surface area contributed by atoms with Crippen LogP contribution in [0.1, 0.15) is 12.6 Å². The van der Waals surface area contributed by atoms with Gasteiger partial charge in [-0.05, 0) is 37.7 Å². The van der Waals surface area contributed by atoms with Gasteiger partial charge in [-0.1, -0.05) is 0 Å². The molecular formula is C14H19N3O. The largest absolute Gasteiger partial charge is 0.497 e. The fourth-order valence-electron chi connectivity index (χ4n) is 2.08. The van der Waals surface area contributed by atoms with Gasteiger partial charge in [0.1, 0.15) is 11.6 Å². The van der Waals surface area contributed by atoms with Gasteiger partial charge in [-0.25, -0.2) is 4.98 Å². The van der Waals surface area contributed by atoms with Gasteiger partial charge in [-0.2, -0.15) is 0 Å². The molecule has 18 heavy (non-hydrogen) atoms. The first kappa shape index (κ1) is 12.6. The molecule has 0 aliphatic rings. The van der Waals surface area contributed by atoms with Gasteiger partial charge in [0.15, 0.2) is 0 Å².